The van der Waals surface area contributed by atoms with E-state index in [9.17, 15) is 4.79 Å². The minimum atomic E-state index is -0.784. The van der Waals surface area contributed by atoms with Crippen LogP contribution in [0.3, 0.4) is 0 Å². The van der Waals surface area contributed by atoms with E-state index >= 15 is 0 Å². The first kappa shape index (κ1) is 22.7. The summed E-state index contributed by atoms with van der Waals surface area (Å²) in [7, 11) is 0. The highest BCUT2D eigenvalue weighted by Gasteiger charge is 2.33. The summed E-state index contributed by atoms with van der Waals surface area (Å²) in [6.07, 6.45) is 7.91. The lowest BCUT2D eigenvalue weighted by Gasteiger charge is -2.28. The number of hydrogen-bond acceptors (Lipinski definition) is 4. The Balaban J connectivity index is 1.81. The Kier molecular flexibility index (Phi) is 9.79. The minimum absolute atomic E-state index is 0.0794. The monoisotopic (exact) mass is 390 g/mol. The van der Waals surface area contributed by atoms with Gasteiger partial charge in [0.2, 0.25) is 0 Å². The van der Waals surface area contributed by atoms with Gasteiger partial charge in [-0.05, 0) is 70.5 Å². The Morgan fingerprint density at radius 1 is 1.11 bits per heavy atom. The number of anilines is 1. The normalized spacial score (nSPS) is 17.1. The third kappa shape index (κ3) is 7.44. The highest BCUT2D eigenvalue weighted by Crippen LogP contribution is 2.23. The zero-order valence-electron chi connectivity index (χ0n) is 18.0. The van der Waals surface area contributed by atoms with Crippen LogP contribution in [-0.2, 0) is 9.53 Å². The van der Waals surface area contributed by atoms with E-state index < -0.39 is 5.60 Å². The molecule has 1 amide bonds. The molecule has 1 heterocycles. The number of piperidine rings is 1. The lowest BCUT2D eigenvalue weighted by Crippen LogP contribution is -2.42. The van der Waals surface area contributed by atoms with Gasteiger partial charge < -0.3 is 14.8 Å². The number of carbonyl (C=O) groups excluding carboxylic acids is 1. The number of likely N-dealkylation sites (tertiary alicyclic amines) is 1. The van der Waals surface area contributed by atoms with Crippen LogP contribution >= 0.6 is 0 Å². The van der Waals surface area contributed by atoms with Crippen molar-refractivity contribution in [2.45, 2.75) is 71.3 Å². The maximum Gasteiger partial charge on any atom is 0.256 e. The molecule has 1 N–H and O–H groups in total. The van der Waals surface area contributed by atoms with Gasteiger partial charge in [0.25, 0.3) is 5.91 Å². The molecule has 1 fully saturated rings. The molecule has 1 aliphatic rings. The van der Waals surface area contributed by atoms with E-state index in [0.717, 1.165) is 43.7 Å². The first-order valence-electron chi connectivity index (χ1n) is 11.0. The molecule has 0 aromatic heterocycles. The average molecular weight is 391 g/mol. The van der Waals surface area contributed by atoms with Crippen molar-refractivity contribution in [3.8, 4) is 5.75 Å². The van der Waals surface area contributed by atoms with Crippen LogP contribution in [0.1, 0.15) is 65.7 Å². The molecular weight excluding hydrogens is 352 g/mol. The zero-order valence-corrected chi connectivity index (χ0v) is 18.0. The minimum Gasteiger partial charge on any atom is -0.492 e. The highest BCUT2D eigenvalue weighted by atomic mass is 16.5. The van der Waals surface area contributed by atoms with Crippen molar-refractivity contribution < 1.29 is 14.3 Å². The van der Waals surface area contributed by atoms with Crippen molar-refractivity contribution in [3.05, 3.63) is 24.3 Å². The van der Waals surface area contributed by atoms with Crippen LogP contribution in [0.4, 0.5) is 5.69 Å². The second-order valence-corrected chi connectivity index (χ2v) is 7.85. The van der Waals surface area contributed by atoms with E-state index in [0.29, 0.717) is 13.2 Å². The van der Waals surface area contributed by atoms with Crippen LogP contribution in [0, 0.1) is 0 Å². The molecule has 2 rings (SSSR count). The topological polar surface area (TPSA) is 50.8 Å². The van der Waals surface area contributed by atoms with Crippen molar-refractivity contribution >= 4 is 11.6 Å². The number of amides is 1. The van der Waals surface area contributed by atoms with Gasteiger partial charge in [-0.15, -0.1) is 0 Å². The first-order chi connectivity index (χ1) is 13.6. The van der Waals surface area contributed by atoms with Gasteiger partial charge in [0.05, 0.1) is 0 Å². The molecule has 0 saturated carbocycles. The third-order valence-corrected chi connectivity index (χ3v) is 5.44. The predicted molar refractivity (Wildman–Crippen MR) is 115 cm³/mol. The summed E-state index contributed by atoms with van der Waals surface area (Å²) in [5.74, 6) is 0.759. The molecule has 1 saturated heterocycles. The number of rotatable bonds is 12. The Hall–Kier alpha value is -1.59. The predicted octanol–water partition coefficient (Wildman–Crippen LogP) is 4.87. The molecule has 0 radical (unpaired) electrons. The lowest BCUT2D eigenvalue weighted by molar-refractivity contribution is -0.139. The molecule has 5 heteroatoms. The van der Waals surface area contributed by atoms with Crippen LogP contribution < -0.4 is 10.1 Å². The molecule has 1 aliphatic heterocycles. The Morgan fingerprint density at radius 2 is 1.82 bits per heavy atom. The van der Waals surface area contributed by atoms with E-state index in [1.807, 2.05) is 38.1 Å². The third-order valence-electron chi connectivity index (χ3n) is 5.44. The number of carbonyl (C=O) groups is 1. The molecule has 1 aromatic rings. The number of ether oxygens (including phenoxy) is 2. The van der Waals surface area contributed by atoms with Gasteiger partial charge in [0, 0.05) is 18.8 Å². The smallest absolute Gasteiger partial charge is 0.256 e. The molecule has 0 aliphatic carbocycles. The summed E-state index contributed by atoms with van der Waals surface area (Å²) in [6, 6.07) is 7.63. The van der Waals surface area contributed by atoms with E-state index in [-0.39, 0.29) is 5.91 Å². The average Bonchev–Trinajstić information content (AvgIpc) is 2.70. The van der Waals surface area contributed by atoms with Gasteiger partial charge in [0.15, 0.2) is 0 Å². The standard InChI is InChI=1S/C23H38N2O3/c1-4-6-8-15-23(3,28-5-2)22(26)24-20-11-13-21(14-12-20)27-19-18-25-16-9-7-10-17-25/h11-14H,4-10,15-19H2,1-3H3,(H,24,26)/t23-/m0/s1. The number of benzene rings is 1. The van der Waals surface area contributed by atoms with E-state index in [1.165, 1.54) is 32.4 Å². The molecule has 28 heavy (non-hydrogen) atoms. The molecule has 1 aromatic carbocycles. The molecule has 0 spiro atoms. The fourth-order valence-electron chi connectivity index (χ4n) is 3.66. The van der Waals surface area contributed by atoms with Crippen molar-refractivity contribution in [1.82, 2.24) is 4.90 Å². The van der Waals surface area contributed by atoms with Crippen LogP contribution in [0.5, 0.6) is 5.75 Å². The summed E-state index contributed by atoms with van der Waals surface area (Å²) in [5, 5.41) is 3.00. The molecular formula is C23H38N2O3. The van der Waals surface area contributed by atoms with E-state index in [4.69, 9.17) is 9.47 Å². The SMILES string of the molecule is CCCCC[C@](C)(OCC)C(=O)Nc1ccc(OCCN2CCCCC2)cc1. The summed E-state index contributed by atoms with van der Waals surface area (Å²) < 4.78 is 11.7. The fraction of sp³-hybridized carbons (Fsp3) is 0.696. The van der Waals surface area contributed by atoms with Crippen molar-refractivity contribution in [3.63, 3.8) is 0 Å². The first-order valence-corrected chi connectivity index (χ1v) is 11.0. The summed E-state index contributed by atoms with van der Waals surface area (Å²) in [5.41, 5.74) is -0.0112. The second kappa shape index (κ2) is 12.1. The number of hydrogen-bond donors (Lipinski definition) is 1. The summed E-state index contributed by atoms with van der Waals surface area (Å²) >= 11 is 0. The van der Waals surface area contributed by atoms with Gasteiger partial charge in [-0.1, -0.05) is 32.6 Å². The Morgan fingerprint density at radius 3 is 2.46 bits per heavy atom. The van der Waals surface area contributed by atoms with Crippen molar-refractivity contribution in [2.24, 2.45) is 0 Å². The molecule has 5 nitrogen and oxygen atoms in total. The van der Waals surface area contributed by atoms with Crippen molar-refractivity contribution in [1.29, 1.82) is 0 Å². The van der Waals surface area contributed by atoms with E-state index in [1.54, 1.807) is 0 Å². The molecule has 0 unspecified atom stereocenters. The van der Waals surface area contributed by atoms with Crippen LogP contribution in [0.25, 0.3) is 0 Å². The Bertz CT molecular complexity index is 570. The maximum absolute atomic E-state index is 12.8. The molecule has 0 bridgehead atoms. The zero-order chi connectivity index (χ0) is 20.2. The summed E-state index contributed by atoms with van der Waals surface area (Å²) in [6.45, 7) is 10.6. The second-order valence-electron chi connectivity index (χ2n) is 7.85. The van der Waals surface area contributed by atoms with Gasteiger partial charge in [-0.25, -0.2) is 0 Å². The van der Waals surface area contributed by atoms with E-state index in [2.05, 4.69) is 17.1 Å². The largest absolute Gasteiger partial charge is 0.492 e. The van der Waals surface area contributed by atoms with Crippen LogP contribution in [-0.4, -0.2) is 49.3 Å². The van der Waals surface area contributed by atoms with Crippen LogP contribution in [0.2, 0.25) is 0 Å². The van der Waals surface area contributed by atoms with Gasteiger partial charge in [-0.2, -0.15) is 0 Å². The summed E-state index contributed by atoms with van der Waals surface area (Å²) in [4.78, 5) is 15.2. The highest BCUT2D eigenvalue weighted by molar-refractivity contribution is 5.97. The van der Waals surface area contributed by atoms with Crippen LogP contribution in [0.15, 0.2) is 24.3 Å². The number of nitrogens with zero attached hydrogens (tertiary/aromatic N) is 1. The Labute approximate surface area is 170 Å². The fourth-order valence-corrected chi connectivity index (χ4v) is 3.66. The molecule has 1 atom stereocenters. The molecule has 158 valence electrons. The van der Waals surface area contributed by atoms with Crippen molar-refractivity contribution in [2.75, 3.05) is 38.2 Å². The number of nitrogens with one attached hydrogen (secondary N) is 1. The van der Waals surface area contributed by atoms with Gasteiger partial charge in [-0.3, -0.25) is 9.69 Å². The van der Waals surface area contributed by atoms with Gasteiger partial charge in [0.1, 0.15) is 18.0 Å². The maximum atomic E-state index is 12.8. The number of unbranched alkanes of at least 4 members (excludes halogenated alkanes) is 2. The van der Waals surface area contributed by atoms with Gasteiger partial charge >= 0.3 is 0 Å². The lowest BCUT2D eigenvalue weighted by atomic mass is 9.96. The quantitative estimate of drug-likeness (QED) is 0.518.